The van der Waals surface area contributed by atoms with E-state index in [0.717, 1.165) is 16.7 Å². The van der Waals surface area contributed by atoms with Crippen LogP contribution in [0.3, 0.4) is 0 Å². The van der Waals surface area contributed by atoms with Crippen LogP contribution in [0.5, 0.6) is 17.2 Å². The van der Waals surface area contributed by atoms with Crippen LogP contribution in [0.2, 0.25) is 0 Å². The number of nitriles is 1. The Bertz CT molecular complexity index is 1080. The third-order valence-corrected chi connectivity index (χ3v) is 4.36. The molecule has 5 nitrogen and oxygen atoms in total. The molecule has 0 saturated carbocycles. The van der Waals surface area contributed by atoms with E-state index in [2.05, 4.69) is 31.2 Å². The van der Waals surface area contributed by atoms with Crippen molar-refractivity contribution in [2.45, 2.75) is 6.92 Å². The van der Waals surface area contributed by atoms with Gasteiger partial charge >= 0.3 is 5.97 Å². The second-order valence-corrected chi connectivity index (χ2v) is 6.53. The Balaban J connectivity index is 1.58. The average molecular weight is 399 g/mol. The van der Waals surface area contributed by atoms with Gasteiger partial charge < -0.3 is 14.2 Å². The summed E-state index contributed by atoms with van der Waals surface area (Å²) in [6.45, 7) is 1.82. The van der Waals surface area contributed by atoms with Gasteiger partial charge in [0.15, 0.2) is 18.1 Å². The molecule has 0 saturated heterocycles. The fourth-order valence-electron chi connectivity index (χ4n) is 2.79. The molecule has 0 heterocycles. The number of carbonyl (C=O) groups excluding carboxylic acids is 1. The molecule has 3 rings (SSSR count). The molecule has 0 bridgehead atoms. The molecule has 3 aromatic carbocycles. The van der Waals surface area contributed by atoms with Crippen molar-refractivity contribution in [2.75, 3.05) is 13.7 Å². The van der Waals surface area contributed by atoms with E-state index in [1.165, 1.54) is 18.7 Å². The molecular weight excluding hydrogens is 378 g/mol. The highest BCUT2D eigenvalue weighted by Gasteiger charge is 2.11. The molecule has 0 atom stereocenters. The van der Waals surface area contributed by atoms with Crippen LogP contribution in [0, 0.1) is 18.3 Å². The van der Waals surface area contributed by atoms with Crippen molar-refractivity contribution in [2.24, 2.45) is 0 Å². The molecule has 0 N–H and O–H groups in total. The molecule has 0 amide bonds. The summed E-state index contributed by atoms with van der Waals surface area (Å²) in [7, 11) is 1.48. The van der Waals surface area contributed by atoms with Crippen molar-refractivity contribution in [3.63, 3.8) is 0 Å². The van der Waals surface area contributed by atoms with Gasteiger partial charge in [0.2, 0.25) is 0 Å². The van der Waals surface area contributed by atoms with Crippen molar-refractivity contribution in [3.05, 3.63) is 83.9 Å². The smallest absolute Gasteiger partial charge is 0.349 e. The first-order valence-electron chi connectivity index (χ1n) is 9.34. The molecule has 0 aromatic heterocycles. The Hall–Kier alpha value is -4.04. The molecule has 0 spiro atoms. The summed E-state index contributed by atoms with van der Waals surface area (Å²) in [6.07, 6.45) is 3.00. The van der Waals surface area contributed by atoms with Gasteiger partial charge in [0.1, 0.15) is 5.75 Å². The maximum absolute atomic E-state index is 12.2. The van der Waals surface area contributed by atoms with Crippen LogP contribution in [0.1, 0.15) is 11.1 Å². The first kappa shape index (κ1) is 20.7. The molecule has 30 heavy (non-hydrogen) atoms. The normalized spacial score (nSPS) is 10.4. The standard InChI is InChI=1S/C25H21NO4/c1-18-5-8-20(9-6-18)21-10-12-22(13-11-21)29-17-25(27)30-23-14-7-19(4-3-15-26)16-24(23)28-2/h3-14,16H,17H2,1-2H3/b4-3-. The number of methoxy groups -OCH3 is 1. The molecule has 0 aliphatic carbocycles. The zero-order chi connectivity index (χ0) is 21.3. The number of hydrogen-bond acceptors (Lipinski definition) is 5. The minimum absolute atomic E-state index is 0.233. The maximum atomic E-state index is 12.2. The van der Waals surface area contributed by atoms with Crippen LogP contribution in [0.4, 0.5) is 0 Å². The fourth-order valence-corrected chi connectivity index (χ4v) is 2.79. The highest BCUT2D eigenvalue weighted by molar-refractivity contribution is 5.75. The van der Waals surface area contributed by atoms with Crippen LogP contribution in [0.15, 0.2) is 72.8 Å². The molecule has 3 aromatic rings. The molecule has 5 heteroatoms. The summed E-state index contributed by atoms with van der Waals surface area (Å²) in [4.78, 5) is 12.2. The lowest BCUT2D eigenvalue weighted by Gasteiger charge is -2.11. The highest BCUT2D eigenvalue weighted by atomic mass is 16.6. The van der Waals surface area contributed by atoms with Crippen molar-refractivity contribution in [1.29, 1.82) is 5.26 Å². The van der Waals surface area contributed by atoms with Crippen molar-refractivity contribution < 1.29 is 19.0 Å². The number of allylic oxidation sites excluding steroid dienone is 1. The van der Waals surface area contributed by atoms with E-state index in [4.69, 9.17) is 19.5 Å². The number of esters is 1. The first-order chi connectivity index (χ1) is 14.6. The SMILES string of the molecule is COc1cc(/C=C\C#N)ccc1OC(=O)COc1ccc(-c2ccc(C)cc2)cc1. The predicted molar refractivity (Wildman–Crippen MR) is 115 cm³/mol. The zero-order valence-electron chi connectivity index (χ0n) is 16.8. The Labute approximate surface area is 175 Å². The number of nitrogens with zero attached hydrogens (tertiary/aromatic N) is 1. The topological polar surface area (TPSA) is 68.5 Å². The second kappa shape index (κ2) is 9.94. The molecule has 0 unspecified atom stereocenters. The van der Waals surface area contributed by atoms with E-state index in [0.29, 0.717) is 11.5 Å². The molecule has 0 aliphatic heterocycles. The highest BCUT2D eigenvalue weighted by Crippen LogP contribution is 2.29. The van der Waals surface area contributed by atoms with Gasteiger partial charge in [-0.05, 0) is 54.0 Å². The van der Waals surface area contributed by atoms with Gasteiger partial charge in [0.05, 0.1) is 13.2 Å². The molecule has 150 valence electrons. The summed E-state index contributed by atoms with van der Waals surface area (Å²) in [5.41, 5.74) is 4.16. The van der Waals surface area contributed by atoms with E-state index in [-0.39, 0.29) is 12.4 Å². The van der Waals surface area contributed by atoms with Gasteiger partial charge in [-0.15, -0.1) is 0 Å². The number of rotatable bonds is 7. The van der Waals surface area contributed by atoms with Gasteiger partial charge in [-0.3, -0.25) is 0 Å². The monoisotopic (exact) mass is 399 g/mol. The zero-order valence-corrected chi connectivity index (χ0v) is 16.8. The summed E-state index contributed by atoms with van der Waals surface area (Å²) < 4.78 is 16.1. The summed E-state index contributed by atoms with van der Waals surface area (Å²) in [5.74, 6) is 0.712. The van der Waals surface area contributed by atoms with Gasteiger partial charge in [-0.1, -0.05) is 48.0 Å². The van der Waals surface area contributed by atoms with E-state index in [1.807, 2.05) is 30.3 Å². The number of benzene rings is 3. The van der Waals surface area contributed by atoms with Gasteiger partial charge in [-0.2, -0.15) is 5.26 Å². The number of aryl methyl sites for hydroxylation is 1. The van der Waals surface area contributed by atoms with Crippen molar-refractivity contribution >= 4 is 12.0 Å². The molecule has 0 aliphatic rings. The maximum Gasteiger partial charge on any atom is 0.349 e. The molecule has 0 fully saturated rings. The van der Waals surface area contributed by atoms with E-state index < -0.39 is 5.97 Å². The predicted octanol–water partition coefficient (Wildman–Crippen LogP) is 5.19. The average Bonchev–Trinajstić information content (AvgIpc) is 2.78. The van der Waals surface area contributed by atoms with Gasteiger partial charge in [0.25, 0.3) is 0 Å². The number of ether oxygens (including phenoxy) is 3. The van der Waals surface area contributed by atoms with Gasteiger partial charge in [0, 0.05) is 6.08 Å². The first-order valence-corrected chi connectivity index (χ1v) is 9.34. The lowest BCUT2D eigenvalue weighted by molar-refractivity contribution is -0.136. The fraction of sp³-hybridized carbons (Fsp3) is 0.120. The summed E-state index contributed by atoms with van der Waals surface area (Å²) in [6, 6.07) is 22.7. The minimum Gasteiger partial charge on any atom is -0.493 e. The summed E-state index contributed by atoms with van der Waals surface area (Å²) >= 11 is 0. The number of carbonyl (C=O) groups is 1. The van der Waals surface area contributed by atoms with Crippen molar-refractivity contribution in [3.8, 4) is 34.4 Å². The van der Waals surface area contributed by atoms with Crippen LogP contribution < -0.4 is 14.2 Å². The summed E-state index contributed by atoms with van der Waals surface area (Å²) in [5, 5.41) is 8.61. The minimum atomic E-state index is -0.545. The third kappa shape index (κ3) is 5.49. The second-order valence-electron chi connectivity index (χ2n) is 6.53. The third-order valence-electron chi connectivity index (χ3n) is 4.36. The van der Waals surface area contributed by atoms with Crippen LogP contribution >= 0.6 is 0 Å². The molecule has 0 radical (unpaired) electrons. The van der Waals surface area contributed by atoms with E-state index >= 15 is 0 Å². The van der Waals surface area contributed by atoms with Gasteiger partial charge in [-0.25, -0.2) is 4.79 Å². The lowest BCUT2D eigenvalue weighted by Crippen LogP contribution is -2.18. The molecular formula is C25H21NO4. The Morgan fingerprint density at radius 2 is 1.63 bits per heavy atom. The largest absolute Gasteiger partial charge is 0.493 e. The van der Waals surface area contributed by atoms with E-state index in [1.54, 1.807) is 24.3 Å². The Morgan fingerprint density at radius 3 is 2.27 bits per heavy atom. The van der Waals surface area contributed by atoms with Crippen molar-refractivity contribution in [1.82, 2.24) is 0 Å². The lowest BCUT2D eigenvalue weighted by atomic mass is 10.0. The van der Waals surface area contributed by atoms with Crippen LogP contribution in [0.25, 0.3) is 17.2 Å². The Morgan fingerprint density at radius 1 is 0.967 bits per heavy atom. The Kier molecular flexibility index (Phi) is 6.86. The van der Waals surface area contributed by atoms with Crippen LogP contribution in [-0.2, 0) is 4.79 Å². The van der Waals surface area contributed by atoms with E-state index in [9.17, 15) is 4.79 Å². The quantitative estimate of drug-likeness (QED) is 0.311. The number of hydrogen-bond donors (Lipinski definition) is 0. The van der Waals surface area contributed by atoms with Crippen LogP contribution in [-0.4, -0.2) is 19.7 Å².